The summed E-state index contributed by atoms with van der Waals surface area (Å²) in [4.78, 5) is 76.4. The minimum atomic E-state index is -3.58. The summed E-state index contributed by atoms with van der Waals surface area (Å²) in [6.45, 7) is -0.912. The summed E-state index contributed by atoms with van der Waals surface area (Å²) in [5.74, 6) is -19.7. The summed E-state index contributed by atoms with van der Waals surface area (Å²) in [5.41, 5.74) is 0. The van der Waals surface area contributed by atoms with Crippen molar-refractivity contribution in [2.45, 2.75) is 149 Å². The molecule has 0 saturated carbocycles. The first-order valence-corrected chi connectivity index (χ1v) is 18.5. The molecule has 3 aliphatic heterocycles. The number of carbonyl (C=O) groups excluding carboxylic acids is 5. The Hall–Kier alpha value is -3.82. The zero-order valence-electron chi connectivity index (χ0n) is 32.7. The molecule has 3 rings (SSSR count). The molecule has 0 unspecified atom stereocenters. The van der Waals surface area contributed by atoms with Crippen LogP contribution >= 0.6 is 0 Å². The van der Waals surface area contributed by atoms with Gasteiger partial charge in [-0.1, -0.05) is 0 Å². The average Bonchev–Trinajstić information content (AvgIpc) is 3.17. The van der Waals surface area contributed by atoms with Crippen molar-refractivity contribution >= 4 is 35.6 Å². The Morgan fingerprint density at radius 2 is 0.951 bits per heavy atom. The van der Waals surface area contributed by atoms with E-state index in [1.807, 2.05) is 0 Å². The van der Waals surface area contributed by atoms with Crippen LogP contribution in [0, 0.1) is 0 Å². The molecule has 350 valence electrons. The van der Waals surface area contributed by atoms with Crippen LogP contribution < -0.4 is 16.0 Å². The Bertz CT molecular complexity index is 1590. The molecular formula is C33H53N3O25. The van der Waals surface area contributed by atoms with Crippen molar-refractivity contribution < 1.29 is 124 Å². The van der Waals surface area contributed by atoms with Crippen molar-refractivity contribution in [1.29, 1.82) is 0 Å². The molecule has 0 aromatic heterocycles. The van der Waals surface area contributed by atoms with Gasteiger partial charge in [0.05, 0.1) is 62.7 Å². The van der Waals surface area contributed by atoms with Crippen molar-refractivity contribution in [3.05, 3.63) is 0 Å². The molecule has 17 N–H and O–H groups in total. The van der Waals surface area contributed by atoms with Gasteiger partial charge in [0.1, 0.15) is 48.8 Å². The Kier molecular flexibility index (Phi) is 17.4. The van der Waals surface area contributed by atoms with Crippen molar-refractivity contribution in [2.75, 3.05) is 19.8 Å². The number of carbonyl (C=O) groups is 6. The van der Waals surface area contributed by atoms with Crippen molar-refractivity contribution in [3.63, 3.8) is 0 Å². The molecule has 18 atom stereocenters. The van der Waals surface area contributed by atoms with E-state index in [9.17, 15) is 100 Å². The highest BCUT2D eigenvalue weighted by atomic mass is 16.8. The molecule has 3 amide bonds. The molecule has 3 heterocycles. The third kappa shape index (κ3) is 11.6. The molecule has 28 heteroatoms. The second-order valence-electron chi connectivity index (χ2n) is 14.9. The van der Waals surface area contributed by atoms with Crippen molar-refractivity contribution in [2.24, 2.45) is 0 Å². The number of amides is 3. The Labute approximate surface area is 344 Å². The fourth-order valence-corrected chi connectivity index (χ4v) is 7.07. The quantitative estimate of drug-likeness (QED) is 0.0603. The van der Waals surface area contributed by atoms with Gasteiger partial charge in [-0.05, 0) is 0 Å². The predicted octanol–water partition coefficient (Wildman–Crippen LogP) is -10.7. The standard InChI is InChI=1S/C33H53N3O25/c1-10(40)34-19-13(43)4-31(55,58-25(19)22(49)16(46)7-37)29(53)57-24(18(48)9-39)27-21(36-12(3)42)15(45)6-33(60-27,28(51)52)61-30(54)32(56)5-14(44)20(35-11(2)41)26(59-32)23(50)17(47)8-38/h13-27,37-39,43-50,55-56H,4-9H2,1-3H3,(H,34,40)(H,35,41)(H,36,42)(H,51,52)/t13-,14-,15-,16+,17+,18+,19+,20+,21+,22+,23+,24+,25+,26+,27+,31-,32-,33+/m0/s1. The highest BCUT2D eigenvalue weighted by Gasteiger charge is 2.63. The summed E-state index contributed by atoms with van der Waals surface area (Å²) in [6.07, 6.45) is -30.6. The van der Waals surface area contributed by atoms with Crippen LogP contribution in [0.3, 0.4) is 0 Å². The van der Waals surface area contributed by atoms with Gasteiger partial charge in [-0.15, -0.1) is 0 Å². The molecule has 3 aliphatic rings. The largest absolute Gasteiger partial charge is 0.476 e. The molecule has 3 saturated heterocycles. The Morgan fingerprint density at radius 3 is 1.31 bits per heavy atom. The van der Waals surface area contributed by atoms with E-state index >= 15 is 0 Å². The minimum absolute atomic E-state index is 0.840. The van der Waals surface area contributed by atoms with Crippen LogP contribution in [0.5, 0.6) is 0 Å². The molecule has 28 nitrogen and oxygen atoms in total. The first-order valence-electron chi connectivity index (χ1n) is 18.5. The van der Waals surface area contributed by atoms with Gasteiger partial charge in [-0.3, -0.25) is 14.4 Å². The van der Waals surface area contributed by atoms with Crippen LogP contribution in [0.25, 0.3) is 0 Å². The smallest absolute Gasteiger partial charge is 0.377 e. The highest BCUT2D eigenvalue weighted by Crippen LogP contribution is 2.39. The third-order valence-corrected chi connectivity index (χ3v) is 10.0. The zero-order chi connectivity index (χ0) is 46.5. The first kappa shape index (κ1) is 51.5. The summed E-state index contributed by atoms with van der Waals surface area (Å²) in [5, 5.41) is 154. The Morgan fingerprint density at radius 1 is 0.590 bits per heavy atom. The lowest BCUT2D eigenvalue weighted by atomic mass is 9.87. The van der Waals surface area contributed by atoms with E-state index in [0.29, 0.717) is 0 Å². The third-order valence-electron chi connectivity index (χ3n) is 10.0. The van der Waals surface area contributed by atoms with Crippen LogP contribution in [-0.2, 0) is 52.5 Å². The number of ether oxygens (including phenoxy) is 5. The van der Waals surface area contributed by atoms with E-state index in [1.54, 1.807) is 0 Å². The van der Waals surface area contributed by atoms with Crippen LogP contribution in [0.15, 0.2) is 0 Å². The van der Waals surface area contributed by atoms with Gasteiger partial charge in [0.15, 0.2) is 6.10 Å². The maximum Gasteiger partial charge on any atom is 0.377 e. The molecule has 0 spiro atoms. The second-order valence-corrected chi connectivity index (χ2v) is 14.9. The average molecular weight is 892 g/mol. The van der Waals surface area contributed by atoms with Gasteiger partial charge in [-0.25, -0.2) is 14.4 Å². The van der Waals surface area contributed by atoms with E-state index in [2.05, 4.69) is 16.0 Å². The van der Waals surface area contributed by atoms with Crippen molar-refractivity contribution in [3.8, 4) is 0 Å². The van der Waals surface area contributed by atoms with Gasteiger partial charge >= 0.3 is 23.7 Å². The number of aliphatic carboxylic acids is 1. The van der Waals surface area contributed by atoms with E-state index in [1.165, 1.54) is 0 Å². The molecule has 0 bridgehead atoms. The molecule has 0 aromatic rings. The summed E-state index contributed by atoms with van der Waals surface area (Å²) in [6, 6.07) is -5.35. The maximum atomic E-state index is 13.7. The molecule has 3 fully saturated rings. The summed E-state index contributed by atoms with van der Waals surface area (Å²) in [7, 11) is 0. The SMILES string of the molecule is CC(=O)N[C@H]1[C@H]([C@H](OC(=O)[C@]2(O)C[C@H](O)[C@@H](NC(C)=O)[C@H]([C@H](O)[C@H](O)CO)O2)[C@H](O)CO)O[C@](OC(=O)[C@]2(O)C[C@H](O)[C@@H](NC(C)=O)[C@H]([C@H](O)[C@H](O)CO)O2)(C(=O)O)C[C@@H]1O. The van der Waals surface area contributed by atoms with Crippen LogP contribution in [0.1, 0.15) is 40.0 Å². The second kappa shape index (κ2) is 20.6. The number of esters is 2. The number of hydrogen-bond donors (Lipinski definition) is 17. The van der Waals surface area contributed by atoms with E-state index in [0.717, 1.165) is 20.8 Å². The number of rotatable bonds is 17. The maximum absolute atomic E-state index is 13.7. The van der Waals surface area contributed by atoms with E-state index in [4.69, 9.17) is 23.7 Å². The fourth-order valence-electron chi connectivity index (χ4n) is 7.07. The lowest BCUT2D eigenvalue weighted by molar-refractivity contribution is -0.335. The normalized spacial score (nSPS) is 37.1. The topological polar surface area (TPSA) is 468 Å². The number of carboxylic acid groups (broad SMARTS) is 1. The predicted molar refractivity (Wildman–Crippen MR) is 187 cm³/mol. The molecular weight excluding hydrogens is 838 g/mol. The zero-order valence-corrected chi connectivity index (χ0v) is 32.7. The van der Waals surface area contributed by atoms with Gasteiger partial charge in [-0.2, -0.15) is 0 Å². The fraction of sp³-hybridized carbons (Fsp3) is 0.818. The van der Waals surface area contributed by atoms with Gasteiger partial charge in [0.25, 0.3) is 11.6 Å². The molecule has 61 heavy (non-hydrogen) atoms. The summed E-state index contributed by atoms with van der Waals surface area (Å²) >= 11 is 0. The monoisotopic (exact) mass is 891 g/mol. The highest BCUT2D eigenvalue weighted by molar-refractivity contribution is 5.84. The number of hydrogen-bond acceptors (Lipinski definition) is 24. The number of aliphatic hydroxyl groups is 13. The molecule has 0 aromatic carbocycles. The summed E-state index contributed by atoms with van der Waals surface area (Å²) < 4.78 is 26.4. The lowest BCUT2D eigenvalue weighted by Gasteiger charge is -2.49. The number of aliphatic hydroxyl groups excluding tert-OH is 11. The lowest BCUT2D eigenvalue weighted by Crippen LogP contribution is -2.71. The number of carboxylic acids is 1. The van der Waals surface area contributed by atoms with Crippen LogP contribution in [-0.4, -0.2) is 236 Å². The van der Waals surface area contributed by atoms with Crippen molar-refractivity contribution in [1.82, 2.24) is 16.0 Å². The number of nitrogens with one attached hydrogen (secondary N) is 3. The van der Waals surface area contributed by atoms with Gasteiger partial charge in [0.2, 0.25) is 17.7 Å². The molecule has 0 radical (unpaired) electrons. The van der Waals surface area contributed by atoms with Crippen LogP contribution in [0.4, 0.5) is 0 Å². The minimum Gasteiger partial charge on any atom is -0.476 e. The van der Waals surface area contributed by atoms with E-state index < -0.39 is 183 Å². The van der Waals surface area contributed by atoms with E-state index in [-0.39, 0.29) is 0 Å². The molecule has 0 aliphatic carbocycles. The first-order chi connectivity index (χ1) is 28.2. The van der Waals surface area contributed by atoms with Crippen LogP contribution in [0.2, 0.25) is 0 Å². The Balaban J connectivity index is 2.07. The van der Waals surface area contributed by atoms with Gasteiger partial charge < -0.3 is 111 Å². The van der Waals surface area contributed by atoms with Gasteiger partial charge in [0, 0.05) is 33.6 Å².